The lowest BCUT2D eigenvalue weighted by atomic mass is 9.88. The lowest BCUT2D eigenvalue weighted by Gasteiger charge is -2.17. The van der Waals surface area contributed by atoms with Crippen molar-refractivity contribution in [3.05, 3.63) is 76.2 Å². The van der Waals surface area contributed by atoms with Crippen LogP contribution in [0.3, 0.4) is 0 Å². The number of fused-ring (bicyclic) bond motifs is 1. The van der Waals surface area contributed by atoms with Crippen LogP contribution in [-0.4, -0.2) is 5.91 Å². The molecule has 0 aliphatic heterocycles. The minimum absolute atomic E-state index is 0.235. The van der Waals surface area contributed by atoms with Gasteiger partial charge < -0.3 is 10.1 Å². The van der Waals surface area contributed by atoms with Crippen LogP contribution in [0.15, 0.2) is 54.6 Å². The van der Waals surface area contributed by atoms with Gasteiger partial charge in [0.05, 0.1) is 5.56 Å². The third-order valence-electron chi connectivity index (χ3n) is 4.92. The first-order valence-corrected chi connectivity index (χ1v) is 10.1. The molecule has 1 N–H and O–H groups in total. The van der Waals surface area contributed by atoms with E-state index in [0.29, 0.717) is 33.5 Å². The Morgan fingerprint density at radius 2 is 1.96 bits per heavy atom. The van der Waals surface area contributed by atoms with E-state index in [9.17, 15) is 10.1 Å². The van der Waals surface area contributed by atoms with Crippen LogP contribution in [0.5, 0.6) is 11.5 Å². The molecule has 1 amide bonds. The Morgan fingerprint density at radius 3 is 2.75 bits per heavy atom. The highest BCUT2D eigenvalue weighted by Crippen LogP contribution is 2.39. The van der Waals surface area contributed by atoms with E-state index in [0.717, 1.165) is 24.8 Å². The number of benzene rings is 2. The topological polar surface area (TPSA) is 62.1 Å². The quantitative estimate of drug-likeness (QED) is 0.615. The summed E-state index contributed by atoms with van der Waals surface area (Å²) >= 11 is 1.53. The molecule has 0 radical (unpaired) electrons. The number of carbonyl (C=O) groups excluding carboxylic acids is 1. The Kier molecular flexibility index (Phi) is 5.14. The molecule has 1 heterocycles. The minimum Gasteiger partial charge on any atom is -0.457 e. The van der Waals surface area contributed by atoms with Crippen molar-refractivity contribution in [1.29, 1.82) is 5.26 Å². The van der Waals surface area contributed by atoms with Crippen LogP contribution in [0, 0.1) is 17.2 Å². The highest BCUT2D eigenvalue weighted by Gasteiger charge is 2.25. The molecule has 5 heteroatoms. The van der Waals surface area contributed by atoms with E-state index in [4.69, 9.17) is 4.74 Å². The van der Waals surface area contributed by atoms with Gasteiger partial charge in [-0.2, -0.15) is 5.26 Å². The van der Waals surface area contributed by atoms with E-state index in [2.05, 4.69) is 18.3 Å². The van der Waals surface area contributed by atoms with Crippen molar-refractivity contribution in [3.63, 3.8) is 0 Å². The summed E-state index contributed by atoms with van der Waals surface area (Å²) in [7, 11) is 0. The number of hydrogen-bond acceptors (Lipinski definition) is 4. The van der Waals surface area contributed by atoms with E-state index in [1.165, 1.54) is 16.2 Å². The molecule has 4 rings (SSSR count). The van der Waals surface area contributed by atoms with Crippen LogP contribution in [0.4, 0.5) is 5.00 Å². The Morgan fingerprint density at radius 1 is 1.18 bits per heavy atom. The molecule has 1 aliphatic rings. The summed E-state index contributed by atoms with van der Waals surface area (Å²) in [5, 5.41) is 13.2. The zero-order valence-electron chi connectivity index (χ0n) is 15.6. The second kappa shape index (κ2) is 7.87. The molecule has 2 aromatic carbocycles. The molecule has 0 bridgehead atoms. The van der Waals surface area contributed by atoms with Gasteiger partial charge in [0.15, 0.2) is 0 Å². The summed E-state index contributed by atoms with van der Waals surface area (Å²) in [6, 6.07) is 18.8. The maximum absolute atomic E-state index is 12.8. The number of nitrogens with zero attached hydrogens (tertiary/aromatic N) is 1. The number of aryl methyl sites for hydroxylation is 1. The minimum atomic E-state index is -0.235. The number of amides is 1. The second-order valence-electron chi connectivity index (χ2n) is 7.06. The van der Waals surface area contributed by atoms with E-state index in [-0.39, 0.29) is 5.91 Å². The smallest absolute Gasteiger partial charge is 0.256 e. The maximum atomic E-state index is 12.8. The first-order chi connectivity index (χ1) is 13.6. The first-order valence-electron chi connectivity index (χ1n) is 9.33. The summed E-state index contributed by atoms with van der Waals surface area (Å²) in [6.07, 6.45) is 3.02. The highest BCUT2D eigenvalue weighted by molar-refractivity contribution is 7.16. The second-order valence-corrected chi connectivity index (χ2v) is 8.17. The average molecular weight is 388 g/mol. The molecular formula is C23H20N2O2S. The molecule has 3 aromatic rings. The zero-order chi connectivity index (χ0) is 19.5. The van der Waals surface area contributed by atoms with Crippen LogP contribution in [0.2, 0.25) is 0 Å². The number of rotatable bonds is 4. The Labute approximate surface area is 168 Å². The van der Waals surface area contributed by atoms with Crippen molar-refractivity contribution >= 4 is 22.2 Å². The SMILES string of the molecule is CC1CCc2sc(NC(=O)c3cccc(Oc4ccccc4)c3)c(C#N)c2C1. The summed E-state index contributed by atoms with van der Waals surface area (Å²) in [4.78, 5) is 14.0. The standard InChI is InChI=1S/C23H20N2O2S/c1-15-10-11-21-19(12-15)20(14-24)23(28-21)25-22(26)16-6-5-9-18(13-16)27-17-7-3-2-4-8-17/h2-9,13,15H,10-12H2,1H3,(H,25,26). The molecular weight excluding hydrogens is 368 g/mol. The molecule has 1 unspecified atom stereocenters. The van der Waals surface area contributed by atoms with Crippen molar-refractivity contribution in [3.8, 4) is 17.6 Å². The fourth-order valence-corrected chi connectivity index (χ4v) is 4.65. The van der Waals surface area contributed by atoms with Crippen molar-refractivity contribution in [1.82, 2.24) is 0 Å². The molecule has 4 nitrogen and oxygen atoms in total. The number of anilines is 1. The molecule has 1 atom stereocenters. The predicted molar refractivity (Wildman–Crippen MR) is 111 cm³/mol. The van der Waals surface area contributed by atoms with Gasteiger partial charge in [0.1, 0.15) is 22.6 Å². The predicted octanol–water partition coefficient (Wildman–Crippen LogP) is 5.79. The maximum Gasteiger partial charge on any atom is 0.256 e. The van der Waals surface area contributed by atoms with E-state index >= 15 is 0 Å². The van der Waals surface area contributed by atoms with Crippen molar-refractivity contribution in [2.45, 2.75) is 26.2 Å². The molecule has 28 heavy (non-hydrogen) atoms. The van der Waals surface area contributed by atoms with E-state index in [1.54, 1.807) is 18.2 Å². The fraction of sp³-hybridized carbons (Fsp3) is 0.217. The van der Waals surface area contributed by atoms with E-state index < -0.39 is 0 Å². The number of hydrogen-bond donors (Lipinski definition) is 1. The molecule has 0 spiro atoms. The van der Waals surface area contributed by atoms with Crippen molar-refractivity contribution < 1.29 is 9.53 Å². The molecule has 0 saturated heterocycles. The number of para-hydroxylation sites is 1. The van der Waals surface area contributed by atoms with Gasteiger partial charge >= 0.3 is 0 Å². The summed E-state index contributed by atoms with van der Waals surface area (Å²) in [6.45, 7) is 2.21. The average Bonchev–Trinajstić information content (AvgIpc) is 3.05. The first kappa shape index (κ1) is 18.3. The van der Waals surface area contributed by atoms with Gasteiger partial charge in [-0.1, -0.05) is 31.2 Å². The van der Waals surface area contributed by atoms with Gasteiger partial charge in [0.2, 0.25) is 0 Å². The number of nitrogens with one attached hydrogen (secondary N) is 1. The van der Waals surface area contributed by atoms with Crippen molar-refractivity contribution in [2.75, 3.05) is 5.32 Å². The fourth-order valence-electron chi connectivity index (χ4n) is 3.47. The van der Waals surface area contributed by atoms with E-state index in [1.807, 2.05) is 36.4 Å². The summed E-state index contributed by atoms with van der Waals surface area (Å²) < 4.78 is 5.81. The Bertz CT molecular complexity index is 1050. The van der Waals surface area contributed by atoms with Gasteiger partial charge in [-0.15, -0.1) is 11.3 Å². The third kappa shape index (κ3) is 3.78. The molecule has 1 aromatic heterocycles. The molecule has 140 valence electrons. The Hall–Kier alpha value is -3.10. The van der Waals surface area contributed by atoms with Gasteiger partial charge in [-0.05, 0) is 61.1 Å². The lowest BCUT2D eigenvalue weighted by Crippen LogP contribution is -2.12. The number of nitriles is 1. The van der Waals surface area contributed by atoms with Gasteiger partial charge in [-0.3, -0.25) is 4.79 Å². The highest BCUT2D eigenvalue weighted by atomic mass is 32.1. The van der Waals surface area contributed by atoms with Crippen LogP contribution in [0.25, 0.3) is 0 Å². The van der Waals surface area contributed by atoms with Gasteiger partial charge in [-0.25, -0.2) is 0 Å². The molecule has 0 saturated carbocycles. The molecule has 0 fully saturated rings. The van der Waals surface area contributed by atoms with Crippen LogP contribution in [0.1, 0.15) is 39.7 Å². The zero-order valence-corrected chi connectivity index (χ0v) is 16.4. The van der Waals surface area contributed by atoms with Crippen LogP contribution >= 0.6 is 11.3 Å². The monoisotopic (exact) mass is 388 g/mol. The number of ether oxygens (including phenoxy) is 1. The normalized spacial score (nSPS) is 15.4. The molecule has 1 aliphatic carbocycles. The summed E-state index contributed by atoms with van der Waals surface area (Å²) in [5.41, 5.74) is 2.23. The largest absolute Gasteiger partial charge is 0.457 e. The van der Waals surface area contributed by atoms with Gasteiger partial charge in [0.25, 0.3) is 5.91 Å². The summed E-state index contributed by atoms with van der Waals surface area (Å²) in [5.74, 6) is 1.65. The Balaban J connectivity index is 1.55. The van der Waals surface area contributed by atoms with Crippen molar-refractivity contribution in [2.24, 2.45) is 5.92 Å². The lowest BCUT2D eigenvalue weighted by molar-refractivity contribution is 0.102. The van der Waals surface area contributed by atoms with Gasteiger partial charge in [0, 0.05) is 10.4 Å². The van der Waals surface area contributed by atoms with Crippen LogP contribution in [-0.2, 0) is 12.8 Å². The number of thiophene rings is 1. The number of carbonyl (C=O) groups is 1. The third-order valence-corrected chi connectivity index (χ3v) is 6.13. The van der Waals surface area contributed by atoms with Crippen LogP contribution < -0.4 is 10.1 Å².